The number of hydrogen-bond donors (Lipinski definition) is 0. The lowest BCUT2D eigenvalue weighted by Crippen LogP contribution is -2.33. The lowest BCUT2D eigenvalue weighted by Gasteiger charge is -2.42. The van der Waals surface area contributed by atoms with Gasteiger partial charge in [-0.15, -0.1) is 0 Å². The average Bonchev–Trinajstić information content (AvgIpc) is 4.25. The Morgan fingerprint density at radius 3 is 1.06 bits per heavy atom. The summed E-state index contributed by atoms with van der Waals surface area (Å²) in [4.78, 5) is 5.28. The third-order valence-electron chi connectivity index (χ3n) is 18.4. The average molecular weight is 1010 g/mol. The van der Waals surface area contributed by atoms with E-state index in [1.54, 1.807) is 0 Å². The molecule has 0 unspecified atom stereocenters. The summed E-state index contributed by atoms with van der Waals surface area (Å²) in [7, 11) is 0. The standard InChI is InChI=1S/C75H45NOS/c1-6-28-52-46(22-1)47-23-2-7-29-53(47)73(52)55-31-9-4-25-50(55)70-61(73)37-20-39-63(70)76(64-40-21-38-62-71(64)51-26-5-10-32-56(51)74(62)57-33-11-15-42-66(57)77-67-43-16-12-34-58(67)74)65-41-19-27-49-48-24-3-8-30-54(48)75(72(49)65)59-35-13-17-44-68(59)78-69-45-18-14-36-60(69)75/h1-45H. The minimum Gasteiger partial charge on any atom is -0.457 e. The molecule has 2 nitrogen and oxygen atoms in total. The van der Waals surface area contributed by atoms with Crippen molar-refractivity contribution in [1.82, 2.24) is 0 Å². The van der Waals surface area contributed by atoms with E-state index >= 15 is 0 Å². The molecule has 4 aliphatic carbocycles. The highest BCUT2D eigenvalue weighted by molar-refractivity contribution is 7.99. The number of fused-ring (bicyclic) bond motifs is 28. The van der Waals surface area contributed by atoms with Gasteiger partial charge in [-0.3, -0.25) is 0 Å². The van der Waals surface area contributed by atoms with E-state index in [-0.39, 0.29) is 0 Å². The lowest BCUT2D eigenvalue weighted by molar-refractivity contribution is 0.436. The first-order chi connectivity index (χ1) is 38.7. The van der Waals surface area contributed by atoms with E-state index < -0.39 is 16.2 Å². The van der Waals surface area contributed by atoms with Gasteiger partial charge in [0.2, 0.25) is 0 Å². The van der Waals surface area contributed by atoms with Crippen molar-refractivity contribution in [2.75, 3.05) is 4.90 Å². The van der Waals surface area contributed by atoms with Gasteiger partial charge in [-0.2, -0.15) is 0 Å². The van der Waals surface area contributed by atoms with E-state index in [1.807, 2.05) is 11.8 Å². The molecule has 78 heavy (non-hydrogen) atoms. The van der Waals surface area contributed by atoms with Crippen molar-refractivity contribution in [3.63, 3.8) is 0 Å². The van der Waals surface area contributed by atoms with Crippen LogP contribution < -0.4 is 9.64 Å². The highest BCUT2D eigenvalue weighted by atomic mass is 32.2. The predicted octanol–water partition coefficient (Wildman–Crippen LogP) is 18.8. The maximum Gasteiger partial charge on any atom is 0.132 e. The van der Waals surface area contributed by atoms with Gasteiger partial charge in [-0.1, -0.05) is 242 Å². The largest absolute Gasteiger partial charge is 0.457 e. The fourth-order valence-corrected chi connectivity index (χ4v) is 17.0. The number of nitrogens with zero attached hydrogens (tertiary/aromatic N) is 1. The highest BCUT2D eigenvalue weighted by Crippen LogP contribution is 2.70. The maximum absolute atomic E-state index is 6.88. The van der Waals surface area contributed by atoms with Crippen LogP contribution in [-0.2, 0) is 16.2 Å². The first-order valence-electron chi connectivity index (χ1n) is 27.2. The Morgan fingerprint density at radius 1 is 0.244 bits per heavy atom. The van der Waals surface area contributed by atoms with Crippen LogP contribution in [0.3, 0.4) is 0 Å². The zero-order valence-electron chi connectivity index (χ0n) is 42.2. The molecule has 362 valence electrons. The molecule has 0 N–H and O–H groups in total. The smallest absolute Gasteiger partial charge is 0.132 e. The molecule has 0 radical (unpaired) electrons. The van der Waals surface area contributed by atoms with Gasteiger partial charge in [-0.05, 0) is 126 Å². The molecular formula is C75H45NOS. The molecular weight excluding hydrogens is 963 g/mol. The van der Waals surface area contributed by atoms with Gasteiger partial charge < -0.3 is 9.64 Å². The van der Waals surface area contributed by atoms with Crippen molar-refractivity contribution in [1.29, 1.82) is 0 Å². The van der Waals surface area contributed by atoms with Crippen LogP contribution in [0.15, 0.2) is 283 Å². The van der Waals surface area contributed by atoms with Crippen LogP contribution >= 0.6 is 11.8 Å². The zero-order chi connectivity index (χ0) is 50.9. The number of benzene rings is 12. The van der Waals surface area contributed by atoms with Gasteiger partial charge in [-0.25, -0.2) is 0 Å². The zero-order valence-corrected chi connectivity index (χ0v) is 43.1. The predicted molar refractivity (Wildman–Crippen MR) is 316 cm³/mol. The van der Waals surface area contributed by atoms with Gasteiger partial charge in [0.25, 0.3) is 0 Å². The van der Waals surface area contributed by atoms with Crippen molar-refractivity contribution in [3.8, 4) is 56.0 Å². The van der Waals surface area contributed by atoms with E-state index in [1.165, 1.54) is 110 Å². The van der Waals surface area contributed by atoms with Crippen molar-refractivity contribution in [2.45, 2.75) is 26.0 Å². The minimum absolute atomic E-state index is 0.541. The summed E-state index contributed by atoms with van der Waals surface area (Å²) in [5.41, 5.74) is 26.9. The van der Waals surface area contributed by atoms with Crippen molar-refractivity contribution in [2.24, 2.45) is 0 Å². The summed E-state index contributed by atoms with van der Waals surface area (Å²) < 4.78 is 6.88. The molecule has 3 spiro atoms. The summed E-state index contributed by atoms with van der Waals surface area (Å²) in [6.07, 6.45) is 0. The lowest BCUT2D eigenvalue weighted by atomic mass is 9.66. The number of anilines is 3. The Labute approximate surface area is 457 Å². The third kappa shape index (κ3) is 4.99. The quantitative estimate of drug-likeness (QED) is 0.175. The van der Waals surface area contributed by atoms with Crippen LogP contribution in [0.1, 0.15) is 66.8 Å². The van der Waals surface area contributed by atoms with E-state index in [0.717, 1.165) is 39.7 Å². The molecule has 0 saturated heterocycles. The van der Waals surface area contributed by atoms with Gasteiger partial charge in [0, 0.05) is 37.6 Å². The second kappa shape index (κ2) is 15.4. The van der Waals surface area contributed by atoms with Crippen molar-refractivity contribution in [3.05, 3.63) is 340 Å². The summed E-state index contributed by atoms with van der Waals surface area (Å²) in [6.45, 7) is 0. The Kier molecular flexibility index (Phi) is 8.43. The number of ether oxygens (including phenoxy) is 1. The Hall–Kier alpha value is -9.41. The van der Waals surface area contributed by atoms with Gasteiger partial charge in [0.1, 0.15) is 11.5 Å². The normalized spacial score (nSPS) is 15.3. The van der Waals surface area contributed by atoms with Gasteiger partial charge in [0.05, 0.1) is 33.3 Å². The summed E-state index contributed by atoms with van der Waals surface area (Å²) >= 11 is 1.89. The number of hydrogen-bond acceptors (Lipinski definition) is 3. The van der Waals surface area contributed by atoms with Gasteiger partial charge >= 0.3 is 0 Å². The number of rotatable bonds is 3. The first-order valence-corrected chi connectivity index (χ1v) is 28.0. The van der Waals surface area contributed by atoms with E-state index in [0.29, 0.717) is 0 Å². The van der Waals surface area contributed by atoms with Crippen molar-refractivity contribution >= 4 is 28.8 Å². The second-order valence-electron chi connectivity index (χ2n) is 21.6. The fraction of sp³-hybridized carbons (Fsp3) is 0.0400. The summed E-state index contributed by atoms with van der Waals surface area (Å²) in [5, 5.41) is 0. The molecule has 0 amide bonds. The Bertz CT molecular complexity index is 4480. The van der Waals surface area contributed by atoms with E-state index in [9.17, 15) is 0 Å². The fourth-order valence-electron chi connectivity index (χ4n) is 15.8. The summed E-state index contributed by atoms with van der Waals surface area (Å²) in [5.74, 6) is 1.77. The van der Waals surface area contributed by atoms with Crippen LogP contribution in [0.5, 0.6) is 11.5 Å². The first kappa shape index (κ1) is 42.8. The second-order valence-corrected chi connectivity index (χ2v) is 22.7. The molecule has 12 aromatic rings. The molecule has 2 heterocycles. The summed E-state index contributed by atoms with van der Waals surface area (Å²) in [6, 6.07) is 103. The van der Waals surface area contributed by atoms with Gasteiger partial charge in [0.15, 0.2) is 0 Å². The topological polar surface area (TPSA) is 12.5 Å². The number of para-hydroxylation sites is 2. The third-order valence-corrected chi connectivity index (χ3v) is 19.6. The Balaban J connectivity index is 1.02. The molecule has 6 aliphatic rings. The van der Waals surface area contributed by atoms with Crippen LogP contribution in [0.2, 0.25) is 0 Å². The SMILES string of the molecule is c1ccc2c(c1)Oc1ccccc1C21c2ccccc2-c2c(N(c3cccc4c3-c3ccccc3C43c4ccccc4-c4ccccc43)c3cccc4c3C3(c5ccccc5Sc5ccccc53)c3ccccc3-4)cccc21. The monoisotopic (exact) mass is 1010 g/mol. The van der Waals surface area contributed by atoms with Crippen molar-refractivity contribution < 1.29 is 4.74 Å². The van der Waals surface area contributed by atoms with Crippen LogP contribution in [-0.4, -0.2) is 0 Å². The van der Waals surface area contributed by atoms with Crippen LogP contribution in [0, 0.1) is 0 Å². The van der Waals surface area contributed by atoms with Crippen LogP contribution in [0.25, 0.3) is 44.5 Å². The molecule has 18 rings (SSSR count). The molecule has 0 bridgehead atoms. The molecule has 0 aromatic heterocycles. The molecule has 12 aromatic carbocycles. The molecule has 0 atom stereocenters. The van der Waals surface area contributed by atoms with E-state index in [4.69, 9.17) is 4.74 Å². The molecule has 3 heteroatoms. The molecule has 0 fully saturated rings. The maximum atomic E-state index is 6.88. The minimum atomic E-state index is -0.666. The van der Waals surface area contributed by atoms with Crippen LogP contribution in [0.4, 0.5) is 17.1 Å². The molecule has 2 aliphatic heterocycles. The molecule has 0 saturated carbocycles. The highest BCUT2D eigenvalue weighted by Gasteiger charge is 2.56. The Morgan fingerprint density at radius 2 is 0.564 bits per heavy atom. The van der Waals surface area contributed by atoms with E-state index in [2.05, 4.69) is 278 Å².